The number of carbonyl (C=O) groups excluding carboxylic acids is 1. The second-order valence-electron chi connectivity index (χ2n) is 5.17. The number of methoxy groups -OCH3 is 2. The Morgan fingerprint density at radius 2 is 1.76 bits per heavy atom. The molecular formula is C18H17N3O4. The SMILES string of the molecule is COc1cc(OC)cc(C(=O)NCc2noc(-c3ccccc3)n2)c1. The van der Waals surface area contributed by atoms with E-state index in [0.29, 0.717) is 28.8 Å². The Morgan fingerprint density at radius 1 is 1.08 bits per heavy atom. The topological polar surface area (TPSA) is 86.5 Å². The van der Waals surface area contributed by atoms with Crippen molar-refractivity contribution in [1.82, 2.24) is 15.5 Å². The van der Waals surface area contributed by atoms with Crippen LogP contribution in [-0.4, -0.2) is 30.3 Å². The molecule has 7 nitrogen and oxygen atoms in total. The third-order valence-electron chi connectivity index (χ3n) is 3.51. The molecule has 0 aliphatic carbocycles. The Morgan fingerprint density at radius 3 is 2.40 bits per heavy atom. The largest absolute Gasteiger partial charge is 0.497 e. The van der Waals surface area contributed by atoms with Crippen molar-refractivity contribution < 1.29 is 18.8 Å². The van der Waals surface area contributed by atoms with E-state index in [1.165, 1.54) is 14.2 Å². The van der Waals surface area contributed by atoms with Gasteiger partial charge in [-0.1, -0.05) is 23.4 Å². The summed E-state index contributed by atoms with van der Waals surface area (Å²) in [6, 6.07) is 14.4. The fourth-order valence-electron chi connectivity index (χ4n) is 2.22. The highest BCUT2D eigenvalue weighted by Gasteiger charge is 2.12. The zero-order valence-electron chi connectivity index (χ0n) is 13.9. The molecule has 0 fully saturated rings. The minimum atomic E-state index is -0.289. The zero-order valence-corrected chi connectivity index (χ0v) is 13.9. The van der Waals surface area contributed by atoms with Crippen LogP contribution in [-0.2, 0) is 6.54 Å². The molecule has 1 N–H and O–H groups in total. The number of rotatable bonds is 6. The molecule has 0 aliphatic heterocycles. The number of benzene rings is 2. The molecule has 3 rings (SSSR count). The van der Waals surface area contributed by atoms with Gasteiger partial charge in [0.05, 0.1) is 20.8 Å². The third kappa shape index (κ3) is 3.95. The second kappa shape index (κ2) is 7.48. The van der Waals surface area contributed by atoms with Crippen LogP contribution in [0.4, 0.5) is 0 Å². The Balaban J connectivity index is 1.68. The monoisotopic (exact) mass is 339 g/mol. The maximum absolute atomic E-state index is 12.3. The minimum absolute atomic E-state index is 0.148. The molecule has 0 spiro atoms. The van der Waals surface area contributed by atoms with Crippen molar-refractivity contribution in [2.24, 2.45) is 0 Å². The van der Waals surface area contributed by atoms with Gasteiger partial charge in [0.1, 0.15) is 11.5 Å². The molecule has 3 aromatic rings. The summed E-state index contributed by atoms with van der Waals surface area (Å²) in [5.41, 5.74) is 1.24. The highest BCUT2D eigenvalue weighted by atomic mass is 16.5. The van der Waals surface area contributed by atoms with Crippen LogP contribution in [0.2, 0.25) is 0 Å². The zero-order chi connectivity index (χ0) is 17.6. The maximum Gasteiger partial charge on any atom is 0.257 e. The first-order valence-electron chi connectivity index (χ1n) is 7.59. The van der Waals surface area contributed by atoms with Gasteiger partial charge < -0.3 is 19.3 Å². The first-order valence-corrected chi connectivity index (χ1v) is 7.59. The summed E-state index contributed by atoms with van der Waals surface area (Å²) in [6.45, 7) is 0.148. The molecule has 0 saturated heterocycles. The molecule has 25 heavy (non-hydrogen) atoms. The van der Waals surface area contributed by atoms with Gasteiger partial charge in [-0.3, -0.25) is 4.79 Å². The smallest absolute Gasteiger partial charge is 0.257 e. The summed E-state index contributed by atoms with van der Waals surface area (Å²) in [6.07, 6.45) is 0. The van der Waals surface area contributed by atoms with E-state index in [-0.39, 0.29) is 12.5 Å². The maximum atomic E-state index is 12.3. The van der Waals surface area contributed by atoms with Gasteiger partial charge in [-0.2, -0.15) is 4.98 Å². The van der Waals surface area contributed by atoms with Crippen LogP contribution in [0.5, 0.6) is 11.5 Å². The molecule has 0 unspecified atom stereocenters. The third-order valence-corrected chi connectivity index (χ3v) is 3.51. The average molecular weight is 339 g/mol. The number of carbonyl (C=O) groups is 1. The molecular weight excluding hydrogens is 322 g/mol. The molecule has 1 amide bonds. The van der Waals surface area contributed by atoms with Gasteiger partial charge in [0.2, 0.25) is 0 Å². The molecule has 0 atom stereocenters. The van der Waals surface area contributed by atoms with E-state index in [9.17, 15) is 4.79 Å². The lowest BCUT2D eigenvalue weighted by Gasteiger charge is -2.08. The van der Waals surface area contributed by atoms with Crippen LogP contribution in [0.25, 0.3) is 11.5 Å². The lowest BCUT2D eigenvalue weighted by Crippen LogP contribution is -2.23. The summed E-state index contributed by atoms with van der Waals surface area (Å²) >= 11 is 0. The Hall–Kier alpha value is -3.35. The highest BCUT2D eigenvalue weighted by Crippen LogP contribution is 2.22. The highest BCUT2D eigenvalue weighted by molar-refractivity contribution is 5.95. The molecule has 0 bridgehead atoms. The van der Waals surface area contributed by atoms with Crippen molar-refractivity contribution in [2.75, 3.05) is 14.2 Å². The number of hydrogen-bond acceptors (Lipinski definition) is 6. The number of nitrogens with one attached hydrogen (secondary N) is 1. The van der Waals surface area contributed by atoms with E-state index in [0.717, 1.165) is 5.56 Å². The van der Waals surface area contributed by atoms with Gasteiger partial charge in [0.15, 0.2) is 5.82 Å². The van der Waals surface area contributed by atoms with Crippen molar-refractivity contribution in [3.63, 3.8) is 0 Å². The summed E-state index contributed by atoms with van der Waals surface area (Å²) in [4.78, 5) is 16.6. The lowest BCUT2D eigenvalue weighted by atomic mass is 10.2. The van der Waals surface area contributed by atoms with Crippen LogP contribution >= 0.6 is 0 Å². The van der Waals surface area contributed by atoms with Crippen molar-refractivity contribution in [3.8, 4) is 23.0 Å². The van der Waals surface area contributed by atoms with Crippen molar-refractivity contribution in [3.05, 3.63) is 59.9 Å². The number of ether oxygens (including phenoxy) is 2. The summed E-state index contributed by atoms with van der Waals surface area (Å²) in [5, 5.41) is 6.62. The van der Waals surface area contributed by atoms with Crippen LogP contribution in [0, 0.1) is 0 Å². The molecule has 128 valence electrons. The molecule has 0 radical (unpaired) electrons. The normalized spacial score (nSPS) is 10.3. The van der Waals surface area contributed by atoms with E-state index < -0.39 is 0 Å². The first kappa shape index (κ1) is 16.5. The predicted octanol–water partition coefficient (Wildman–Crippen LogP) is 2.68. The van der Waals surface area contributed by atoms with Gasteiger partial charge in [0.25, 0.3) is 11.8 Å². The molecule has 0 saturated carbocycles. The summed E-state index contributed by atoms with van der Waals surface area (Å²) < 4.78 is 15.5. The van der Waals surface area contributed by atoms with E-state index in [1.807, 2.05) is 30.3 Å². The van der Waals surface area contributed by atoms with Crippen LogP contribution in [0.1, 0.15) is 16.2 Å². The van der Waals surface area contributed by atoms with Crippen molar-refractivity contribution >= 4 is 5.91 Å². The van der Waals surface area contributed by atoms with Crippen LogP contribution < -0.4 is 14.8 Å². The van der Waals surface area contributed by atoms with Gasteiger partial charge >= 0.3 is 0 Å². The Bertz CT molecular complexity index is 840. The van der Waals surface area contributed by atoms with E-state index in [1.54, 1.807) is 18.2 Å². The standard InChI is InChI=1S/C18H17N3O4/c1-23-14-8-13(9-15(10-14)24-2)17(22)19-11-16-20-18(25-21-16)12-6-4-3-5-7-12/h3-10H,11H2,1-2H3,(H,19,22). The lowest BCUT2D eigenvalue weighted by molar-refractivity contribution is 0.0949. The predicted molar refractivity (Wildman–Crippen MR) is 90.5 cm³/mol. The first-order chi connectivity index (χ1) is 12.2. The van der Waals surface area contributed by atoms with Gasteiger partial charge in [-0.15, -0.1) is 0 Å². The van der Waals surface area contributed by atoms with E-state index >= 15 is 0 Å². The van der Waals surface area contributed by atoms with Crippen molar-refractivity contribution in [2.45, 2.75) is 6.54 Å². The molecule has 2 aromatic carbocycles. The number of aromatic nitrogens is 2. The molecule has 7 heteroatoms. The summed E-state index contributed by atoms with van der Waals surface area (Å²) in [5.74, 6) is 1.59. The Kier molecular flexibility index (Phi) is 4.94. The molecule has 1 aromatic heterocycles. The Labute approximate surface area is 144 Å². The minimum Gasteiger partial charge on any atom is -0.497 e. The quantitative estimate of drug-likeness (QED) is 0.743. The van der Waals surface area contributed by atoms with Gasteiger partial charge in [-0.25, -0.2) is 0 Å². The average Bonchev–Trinajstić information content (AvgIpc) is 3.15. The van der Waals surface area contributed by atoms with Gasteiger partial charge in [0, 0.05) is 17.2 Å². The van der Waals surface area contributed by atoms with Gasteiger partial charge in [-0.05, 0) is 24.3 Å². The van der Waals surface area contributed by atoms with E-state index in [4.69, 9.17) is 14.0 Å². The molecule has 1 heterocycles. The van der Waals surface area contributed by atoms with Crippen LogP contribution in [0.3, 0.4) is 0 Å². The number of hydrogen-bond donors (Lipinski definition) is 1. The number of amides is 1. The fourth-order valence-corrected chi connectivity index (χ4v) is 2.22. The summed E-state index contributed by atoms with van der Waals surface area (Å²) in [7, 11) is 3.06. The van der Waals surface area contributed by atoms with Crippen molar-refractivity contribution in [1.29, 1.82) is 0 Å². The molecule has 0 aliphatic rings. The van der Waals surface area contributed by atoms with E-state index in [2.05, 4.69) is 15.5 Å². The fraction of sp³-hybridized carbons (Fsp3) is 0.167. The van der Waals surface area contributed by atoms with Crippen LogP contribution in [0.15, 0.2) is 53.1 Å². The number of nitrogens with zero attached hydrogens (tertiary/aromatic N) is 2. The second-order valence-corrected chi connectivity index (χ2v) is 5.17.